The summed E-state index contributed by atoms with van der Waals surface area (Å²) in [6, 6.07) is 13.3. The van der Waals surface area contributed by atoms with Gasteiger partial charge >= 0.3 is 0 Å². The maximum atomic E-state index is 12.3. The summed E-state index contributed by atoms with van der Waals surface area (Å²) in [7, 11) is 1.86. The zero-order chi connectivity index (χ0) is 20.1. The molecule has 2 aromatic carbocycles. The molecule has 1 heterocycles. The van der Waals surface area contributed by atoms with Crippen molar-refractivity contribution in [3.8, 4) is 5.75 Å². The van der Waals surface area contributed by atoms with Gasteiger partial charge in [-0.1, -0.05) is 41.6 Å². The van der Waals surface area contributed by atoms with Gasteiger partial charge in [-0.15, -0.1) is 10.2 Å². The fourth-order valence-electron chi connectivity index (χ4n) is 2.51. The molecule has 1 amide bonds. The first-order valence-corrected chi connectivity index (χ1v) is 10.1. The van der Waals surface area contributed by atoms with Gasteiger partial charge in [-0.05, 0) is 49.2 Å². The van der Waals surface area contributed by atoms with Gasteiger partial charge in [0.05, 0.1) is 5.75 Å². The van der Waals surface area contributed by atoms with E-state index < -0.39 is 0 Å². The first-order chi connectivity index (χ1) is 13.4. The number of carbonyl (C=O) groups excluding carboxylic acids is 1. The number of nitrogens with zero attached hydrogens (tertiary/aromatic N) is 3. The monoisotopic (exact) mass is 416 g/mol. The lowest BCUT2D eigenvalue weighted by Crippen LogP contribution is -2.15. The molecule has 3 aromatic rings. The Morgan fingerprint density at radius 2 is 2.00 bits per heavy atom. The van der Waals surface area contributed by atoms with E-state index in [0.29, 0.717) is 28.3 Å². The summed E-state index contributed by atoms with van der Waals surface area (Å²) in [6.45, 7) is 4.19. The molecule has 0 spiro atoms. The number of aromatic nitrogens is 3. The molecule has 0 bridgehead atoms. The second-order valence-electron chi connectivity index (χ2n) is 6.31. The van der Waals surface area contributed by atoms with E-state index in [4.69, 9.17) is 16.3 Å². The maximum Gasteiger partial charge on any atom is 0.234 e. The molecule has 6 nitrogen and oxygen atoms in total. The van der Waals surface area contributed by atoms with Crippen LogP contribution in [0.15, 0.2) is 47.6 Å². The Balaban J connectivity index is 1.55. The summed E-state index contributed by atoms with van der Waals surface area (Å²) < 4.78 is 7.60. The van der Waals surface area contributed by atoms with Crippen molar-refractivity contribution in [1.29, 1.82) is 0 Å². The molecular weight excluding hydrogens is 396 g/mol. The first kappa shape index (κ1) is 20.2. The smallest absolute Gasteiger partial charge is 0.234 e. The van der Waals surface area contributed by atoms with Gasteiger partial charge in [-0.3, -0.25) is 4.79 Å². The molecule has 0 atom stereocenters. The van der Waals surface area contributed by atoms with E-state index in [1.54, 1.807) is 12.1 Å². The zero-order valence-corrected chi connectivity index (χ0v) is 17.5. The molecule has 0 unspecified atom stereocenters. The topological polar surface area (TPSA) is 69.0 Å². The molecule has 0 aliphatic rings. The lowest BCUT2D eigenvalue weighted by Gasteiger charge is -2.09. The highest BCUT2D eigenvalue weighted by molar-refractivity contribution is 7.99. The number of hydrogen-bond acceptors (Lipinski definition) is 5. The fourth-order valence-corrected chi connectivity index (χ4v) is 3.41. The van der Waals surface area contributed by atoms with E-state index >= 15 is 0 Å². The highest BCUT2D eigenvalue weighted by atomic mass is 35.5. The average Bonchev–Trinajstić information content (AvgIpc) is 3.02. The van der Waals surface area contributed by atoms with E-state index in [1.807, 2.05) is 55.8 Å². The van der Waals surface area contributed by atoms with Crippen molar-refractivity contribution in [3.63, 3.8) is 0 Å². The third kappa shape index (κ3) is 5.05. The summed E-state index contributed by atoms with van der Waals surface area (Å²) in [5.41, 5.74) is 2.69. The Kier molecular flexibility index (Phi) is 6.59. The number of nitrogens with one attached hydrogen (secondary N) is 1. The van der Waals surface area contributed by atoms with Crippen molar-refractivity contribution in [2.45, 2.75) is 25.6 Å². The molecule has 146 valence electrons. The Bertz CT molecular complexity index is 990. The van der Waals surface area contributed by atoms with Gasteiger partial charge in [-0.2, -0.15) is 0 Å². The van der Waals surface area contributed by atoms with Crippen molar-refractivity contribution < 1.29 is 9.53 Å². The standard InChI is InChI=1S/C20H21ClN4O2S/c1-13-6-4-7-15(10-13)27-11-18-23-24-20(25(18)3)28-12-19(26)22-17-9-5-8-16(21)14(17)2/h4-10H,11-12H2,1-3H3,(H,22,26). The minimum Gasteiger partial charge on any atom is -0.486 e. The number of ether oxygens (including phenoxy) is 1. The van der Waals surface area contributed by atoms with Crippen molar-refractivity contribution in [1.82, 2.24) is 14.8 Å². The van der Waals surface area contributed by atoms with Gasteiger partial charge in [0.25, 0.3) is 0 Å². The first-order valence-electron chi connectivity index (χ1n) is 8.69. The van der Waals surface area contributed by atoms with Crippen LogP contribution in [0.3, 0.4) is 0 Å². The van der Waals surface area contributed by atoms with E-state index in [2.05, 4.69) is 15.5 Å². The van der Waals surface area contributed by atoms with Gasteiger partial charge in [-0.25, -0.2) is 0 Å². The summed E-state index contributed by atoms with van der Waals surface area (Å²) in [6.07, 6.45) is 0. The minimum atomic E-state index is -0.129. The highest BCUT2D eigenvalue weighted by Gasteiger charge is 2.13. The number of thioether (sulfide) groups is 1. The predicted octanol–water partition coefficient (Wildman–Crippen LogP) is 4.40. The highest BCUT2D eigenvalue weighted by Crippen LogP contribution is 2.24. The summed E-state index contributed by atoms with van der Waals surface area (Å²) >= 11 is 7.40. The summed E-state index contributed by atoms with van der Waals surface area (Å²) in [5.74, 6) is 1.57. The van der Waals surface area contributed by atoms with E-state index in [1.165, 1.54) is 11.8 Å². The number of aryl methyl sites for hydroxylation is 1. The van der Waals surface area contributed by atoms with Gasteiger partial charge in [0, 0.05) is 17.8 Å². The molecule has 0 saturated carbocycles. The number of benzene rings is 2. The molecule has 0 aliphatic heterocycles. The van der Waals surface area contributed by atoms with Crippen molar-refractivity contribution in [2.24, 2.45) is 7.05 Å². The molecule has 0 saturated heterocycles. The molecular formula is C20H21ClN4O2S. The van der Waals surface area contributed by atoms with Crippen LogP contribution in [0.2, 0.25) is 5.02 Å². The Hall–Kier alpha value is -2.51. The largest absolute Gasteiger partial charge is 0.486 e. The lowest BCUT2D eigenvalue weighted by atomic mass is 10.2. The second-order valence-corrected chi connectivity index (χ2v) is 7.66. The van der Waals surface area contributed by atoms with Gasteiger partial charge in [0.15, 0.2) is 11.0 Å². The quantitative estimate of drug-likeness (QED) is 0.578. The van der Waals surface area contributed by atoms with Crippen LogP contribution >= 0.6 is 23.4 Å². The number of halogens is 1. The molecule has 1 N–H and O–H groups in total. The summed E-state index contributed by atoms with van der Waals surface area (Å²) in [4.78, 5) is 12.3. The molecule has 3 rings (SSSR count). The molecule has 1 aromatic heterocycles. The van der Waals surface area contributed by atoms with Crippen LogP contribution in [0.4, 0.5) is 5.69 Å². The SMILES string of the molecule is Cc1cccc(OCc2nnc(SCC(=O)Nc3cccc(Cl)c3C)n2C)c1. The summed E-state index contributed by atoms with van der Waals surface area (Å²) in [5, 5.41) is 12.5. The van der Waals surface area contributed by atoms with Gasteiger partial charge in [0.2, 0.25) is 5.91 Å². The zero-order valence-electron chi connectivity index (χ0n) is 15.9. The van der Waals surface area contributed by atoms with Crippen molar-refractivity contribution in [2.75, 3.05) is 11.1 Å². The fraction of sp³-hybridized carbons (Fsp3) is 0.250. The maximum absolute atomic E-state index is 12.3. The Labute approximate surface area is 173 Å². The number of rotatable bonds is 7. The molecule has 0 radical (unpaired) electrons. The lowest BCUT2D eigenvalue weighted by molar-refractivity contribution is -0.113. The van der Waals surface area contributed by atoms with Crippen LogP contribution in [0.25, 0.3) is 0 Å². The van der Waals surface area contributed by atoms with Crippen LogP contribution in [0.5, 0.6) is 5.75 Å². The number of hydrogen-bond donors (Lipinski definition) is 1. The van der Waals surface area contributed by atoms with Crippen LogP contribution in [0, 0.1) is 13.8 Å². The third-order valence-corrected chi connectivity index (χ3v) is 5.59. The number of amides is 1. The van der Waals surface area contributed by atoms with Crippen molar-refractivity contribution >= 4 is 35.0 Å². The van der Waals surface area contributed by atoms with Crippen LogP contribution < -0.4 is 10.1 Å². The van der Waals surface area contributed by atoms with Crippen LogP contribution in [-0.2, 0) is 18.4 Å². The average molecular weight is 417 g/mol. The predicted molar refractivity (Wildman–Crippen MR) is 112 cm³/mol. The molecule has 8 heteroatoms. The molecule has 0 fully saturated rings. The van der Waals surface area contributed by atoms with Gasteiger partial charge in [0.1, 0.15) is 12.4 Å². The number of anilines is 1. The van der Waals surface area contributed by atoms with Gasteiger partial charge < -0.3 is 14.6 Å². The number of carbonyl (C=O) groups is 1. The van der Waals surface area contributed by atoms with Crippen LogP contribution in [0.1, 0.15) is 17.0 Å². The second kappa shape index (κ2) is 9.12. The van der Waals surface area contributed by atoms with Crippen molar-refractivity contribution in [3.05, 3.63) is 64.4 Å². The Morgan fingerprint density at radius 1 is 1.21 bits per heavy atom. The minimum absolute atomic E-state index is 0.129. The third-order valence-electron chi connectivity index (χ3n) is 4.16. The normalized spacial score (nSPS) is 10.7. The van der Waals surface area contributed by atoms with Crippen LogP contribution in [-0.4, -0.2) is 26.4 Å². The molecule has 0 aliphatic carbocycles. The van der Waals surface area contributed by atoms with E-state index in [0.717, 1.165) is 16.9 Å². The Morgan fingerprint density at radius 3 is 2.79 bits per heavy atom. The van der Waals surface area contributed by atoms with E-state index in [9.17, 15) is 4.79 Å². The molecule has 28 heavy (non-hydrogen) atoms. The van der Waals surface area contributed by atoms with E-state index in [-0.39, 0.29) is 11.7 Å².